The zero-order chi connectivity index (χ0) is 17.2. The number of hydrogen-bond acceptors (Lipinski definition) is 6. The summed E-state index contributed by atoms with van der Waals surface area (Å²) in [5, 5.41) is 13.1. The van der Waals surface area contributed by atoms with E-state index in [4.69, 9.17) is 9.97 Å². The Labute approximate surface area is 146 Å². The predicted octanol–water partition coefficient (Wildman–Crippen LogP) is 1.94. The minimum Gasteiger partial charge on any atom is -0.393 e. The van der Waals surface area contributed by atoms with E-state index < -0.39 is 0 Å². The molecule has 1 aliphatic rings. The van der Waals surface area contributed by atoms with Crippen LogP contribution in [0.5, 0.6) is 0 Å². The van der Waals surface area contributed by atoms with Crippen molar-refractivity contribution in [3.63, 3.8) is 0 Å². The molecule has 0 unspecified atom stereocenters. The Morgan fingerprint density at radius 3 is 2.68 bits per heavy atom. The molecule has 4 rings (SSSR count). The third kappa shape index (κ3) is 3.28. The molecule has 0 atom stereocenters. The minimum absolute atomic E-state index is 0.215. The van der Waals surface area contributed by atoms with E-state index in [1.54, 1.807) is 6.33 Å². The number of hydrogen-bond donors (Lipinski definition) is 2. The molecule has 0 spiro atoms. The van der Waals surface area contributed by atoms with Crippen LogP contribution in [-0.4, -0.2) is 43.8 Å². The summed E-state index contributed by atoms with van der Waals surface area (Å²) in [6.07, 6.45) is 3.04. The van der Waals surface area contributed by atoms with Crippen molar-refractivity contribution in [2.45, 2.75) is 25.5 Å². The first-order chi connectivity index (χ1) is 12.2. The molecule has 0 radical (unpaired) electrons. The molecule has 7 heteroatoms. The van der Waals surface area contributed by atoms with Gasteiger partial charge < -0.3 is 19.9 Å². The van der Waals surface area contributed by atoms with Crippen molar-refractivity contribution in [2.75, 3.05) is 23.3 Å². The number of aromatic nitrogens is 4. The van der Waals surface area contributed by atoms with Gasteiger partial charge in [-0.3, -0.25) is 0 Å². The van der Waals surface area contributed by atoms with Crippen LogP contribution >= 0.6 is 0 Å². The van der Waals surface area contributed by atoms with Crippen LogP contribution in [0.3, 0.4) is 0 Å². The van der Waals surface area contributed by atoms with Crippen molar-refractivity contribution in [1.29, 1.82) is 0 Å². The van der Waals surface area contributed by atoms with Gasteiger partial charge in [-0.05, 0) is 18.4 Å². The largest absolute Gasteiger partial charge is 0.393 e. The Hall–Kier alpha value is -2.67. The molecule has 7 nitrogen and oxygen atoms in total. The lowest BCUT2D eigenvalue weighted by Gasteiger charge is -2.29. The van der Waals surface area contributed by atoms with Crippen LogP contribution in [0.4, 0.5) is 11.8 Å². The second-order valence-electron chi connectivity index (χ2n) is 6.46. The van der Waals surface area contributed by atoms with Crippen LogP contribution in [0.15, 0.2) is 36.7 Å². The highest BCUT2D eigenvalue weighted by molar-refractivity contribution is 5.84. The fourth-order valence-electron chi connectivity index (χ4n) is 3.11. The lowest BCUT2D eigenvalue weighted by Crippen LogP contribution is -2.37. The average molecular weight is 338 g/mol. The Morgan fingerprint density at radius 2 is 1.92 bits per heavy atom. The van der Waals surface area contributed by atoms with Crippen LogP contribution in [0.1, 0.15) is 18.4 Å². The van der Waals surface area contributed by atoms with Gasteiger partial charge in [0.05, 0.1) is 12.4 Å². The van der Waals surface area contributed by atoms with Gasteiger partial charge in [0.2, 0.25) is 5.95 Å². The molecule has 3 heterocycles. The third-order valence-electron chi connectivity index (χ3n) is 4.60. The Bertz CT molecular complexity index is 855. The number of imidazole rings is 1. The summed E-state index contributed by atoms with van der Waals surface area (Å²) < 4.78 is 1.91. The number of fused-ring (bicyclic) bond motifs is 1. The molecule has 25 heavy (non-hydrogen) atoms. The van der Waals surface area contributed by atoms with E-state index in [2.05, 4.69) is 27.3 Å². The Morgan fingerprint density at radius 1 is 1.16 bits per heavy atom. The number of nitrogens with one attached hydrogen (secondary N) is 1. The van der Waals surface area contributed by atoms with E-state index in [0.717, 1.165) is 42.9 Å². The average Bonchev–Trinajstić information content (AvgIpc) is 3.02. The normalized spacial score (nSPS) is 15.7. The summed E-state index contributed by atoms with van der Waals surface area (Å²) in [5.74, 6) is 1.44. The van der Waals surface area contributed by atoms with E-state index in [-0.39, 0.29) is 6.10 Å². The Balaban J connectivity index is 1.64. The number of aliphatic hydroxyl groups excluding tert-OH is 1. The first-order valence-corrected chi connectivity index (χ1v) is 8.60. The van der Waals surface area contributed by atoms with Crippen LogP contribution in [0, 0.1) is 0 Å². The van der Waals surface area contributed by atoms with E-state index >= 15 is 0 Å². The summed E-state index contributed by atoms with van der Waals surface area (Å²) in [7, 11) is 1.94. The van der Waals surface area contributed by atoms with Crippen molar-refractivity contribution < 1.29 is 5.11 Å². The lowest BCUT2D eigenvalue weighted by molar-refractivity contribution is 0.145. The summed E-state index contributed by atoms with van der Waals surface area (Å²) in [6, 6.07) is 10.2. The summed E-state index contributed by atoms with van der Waals surface area (Å²) in [5.41, 5.74) is 2.78. The Kier molecular flexibility index (Phi) is 4.23. The van der Waals surface area contributed by atoms with Gasteiger partial charge in [-0.15, -0.1) is 0 Å². The van der Waals surface area contributed by atoms with E-state index in [1.807, 2.05) is 29.8 Å². The maximum absolute atomic E-state index is 9.73. The van der Waals surface area contributed by atoms with Gasteiger partial charge in [0, 0.05) is 26.7 Å². The summed E-state index contributed by atoms with van der Waals surface area (Å²) in [4.78, 5) is 16.0. The molecule has 2 aromatic heterocycles. The van der Waals surface area contributed by atoms with Crippen molar-refractivity contribution >= 4 is 22.9 Å². The maximum atomic E-state index is 9.73. The summed E-state index contributed by atoms with van der Waals surface area (Å²) in [6.45, 7) is 2.22. The number of anilines is 2. The highest BCUT2D eigenvalue weighted by atomic mass is 16.3. The van der Waals surface area contributed by atoms with Gasteiger partial charge in [-0.2, -0.15) is 9.97 Å². The monoisotopic (exact) mass is 338 g/mol. The minimum atomic E-state index is -0.215. The van der Waals surface area contributed by atoms with E-state index in [9.17, 15) is 5.11 Å². The van der Waals surface area contributed by atoms with Crippen molar-refractivity contribution in [2.24, 2.45) is 7.05 Å². The number of nitrogens with zero attached hydrogens (tertiary/aromatic N) is 5. The number of piperidine rings is 1. The number of aryl methyl sites for hydroxylation is 1. The molecule has 1 aromatic carbocycles. The zero-order valence-corrected chi connectivity index (χ0v) is 14.3. The third-order valence-corrected chi connectivity index (χ3v) is 4.60. The van der Waals surface area contributed by atoms with Gasteiger partial charge in [-0.25, -0.2) is 4.98 Å². The molecule has 3 aromatic rings. The molecule has 0 saturated carbocycles. The van der Waals surface area contributed by atoms with Crippen molar-refractivity contribution in [3.8, 4) is 0 Å². The van der Waals surface area contributed by atoms with Crippen LogP contribution < -0.4 is 10.2 Å². The molecule has 1 aliphatic heterocycles. The second-order valence-corrected chi connectivity index (χ2v) is 6.46. The highest BCUT2D eigenvalue weighted by Crippen LogP contribution is 2.24. The van der Waals surface area contributed by atoms with E-state index in [1.165, 1.54) is 5.56 Å². The molecule has 0 bridgehead atoms. The first-order valence-electron chi connectivity index (χ1n) is 8.60. The van der Waals surface area contributed by atoms with Gasteiger partial charge in [0.25, 0.3) is 0 Å². The van der Waals surface area contributed by atoms with Crippen LogP contribution in [0.2, 0.25) is 0 Å². The lowest BCUT2D eigenvalue weighted by atomic mass is 10.1. The van der Waals surface area contributed by atoms with Gasteiger partial charge >= 0.3 is 0 Å². The standard InChI is InChI=1S/C18H22N6O/c1-23-12-20-15-16(19-11-13-5-3-2-4-6-13)21-18(22-17(15)23)24-9-7-14(25)8-10-24/h2-6,12,14,25H,7-11H2,1H3,(H,19,21,22). The number of benzene rings is 1. The molecule has 0 aliphatic carbocycles. The zero-order valence-electron chi connectivity index (χ0n) is 14.3. The van der Waals surface area contributed by atoms with E-state index in [0.29, 0.717) is 12.5 Å². The van der Waals surface area contributed by atoms with Crippen molar-refractivity contribution in [3.05, 3.63) is 42.2 Å². The van der Waals surface area contributed by atoms with Gasteiger partial charge in [-0.1, -0.05) is 30.3 Å². The number of rotatable bonds is 4. The number of aliphatic hydroxyl groups is 1. The molecule has 1 saturated heterocycles. The smallest absolute Gasteiger partial charge is 0.229 e. The highest BCUT2D eigenvalue weighted by Gasteiger charge is 2.21. The van der Waals surface area contributed by atoms with Crippen LogP contribution in [-0.2, 0) is 13.6 Å². The second kappa shape index (κ2) is 6.68. The first kappa shape index (κ1) is 15.8. The van der Waals surface area contributed by atoms with Crippen LogP contribution in [0.25, 0.3) is 11.2 Å². The fourth-order valence-corrected chi connectivity index (χ4v) is 3.11. The quantitative estimate of drug-likeness (QED) is 0.757. The van der Waals surface area contributed by atoms with Gasteiger partial charge in [0.15, 0.2) is 17.0 Å². The molecular formula is C18H22N6O. The molecule has 1 fully saturated rings. The maximum Gasteiger partial charge on any atom is 0.229 e. The fraction of sp³-hybridized carbons (Fsp3) is 0.389. The molecule has 0 amide bonds. The SMILES string of the molecule is Cn1cnc2c(NCc3ccccc3)nc(N3CCC(O)CC3)nc21. The summed E-state index contributed by atoms with van der Waals surface area (Å²) >= 11 is 0. The van der Waals surface area contributed by atoms with Crippen molar-refractivity contribution in [1.82, 2.24) is 19.5 Å². The molecule has 130 valence electrons. The molecular weight excluding hydrogens is 316 g/mol. The predicted molar refractivity (Wildman–Crippen MR) is 97.5 cm³/mol. The topological polar surface area (TPSA) is 79.1 Å². The van der Waals surface area contributed by atoms with Gasteiger partial charge in [0.1, 0.15) is 0 Å². The molecule has 2 N–H and O–H groups in total.